The van der Waals surface area contributed by atoms with Crippen LogP contribution < -0.4 is 11.5 Å². The van der Waals surface area contributed by atoms with Crippen molar-refractivity contribution in [1.29, 1.82) is 0 Å². The fraction of sp³-hybridized carbons (Fsp3) is 0.333. The minimum Gasteiger partial charge on any atom is -0.465 e. The topological polar surface area (TPSA) is 65.2 Å². The Labute approximate surface area is 66.1 Å². The predicted octanol–water partition coefficient (Wildman–Crippen LogP) is 1.42. The Kier molecular flexibility index (Phi) is 2.01. The molecular weight excluding hydrogens is 173 g/mol. The summed E-state index contributed by atoms with van der Waals surface area (Å²) in [6, 6.07) is -1.05. The van der Waals surface area contributed by atoms with Crippen LogP contribution >= 0.6 is 0 Å². The average molecular weight is 180 g/mol. The molecule has 0 saturated heterocycles. The highest BCUT2D eigenvalue weighted by Gasteiger charge is 2.39. The molecule has 6 heteroatoms. The third-order valence-corrected chi connectivity index (χ3v) is 1.30. The van der Waals surface area contributed by atoms with Gasteiger partial charge in [0.25, 0.3) is 0 Å². The summed E-state index contributed by atoms with van der Waals surface area (Å²) in [6.45, 7) is 0. The number of hydrogen-bond donors (Lipinski definition) is 2. The molecule has 1 aromatic rings. The first-order valence-corrected chi connectivity index (χ1v) is 3.07. The summed E-state index contributed by atoms with van der Waals surface area (Å²) in [5.74, 6) is -0.375. The molecule has 0 bridgehead atoms. The van der Waals surface area contributed by atoms with E-state index in [0.717, 1.165) is 12.3 Å². The molecule has 1 atom stereocenters. The zero-order valence-corrected chi connectivity index (χ0v) is 5.93. The first-order chi connectivity index (χ1) is 5.41. The minimum atomic E-state index is -4.50. The van der Waals surface area contributed by atoms with Gasteiger partial charge in [0.2, 0.25) is 0 Å². The van der Waals surface area contributed by atoms with Gasteiger partial charge in [-0.15, -0.1) is 0 Å². The van der Waals surface area contributed by atoms with E-state index in [1.54, 1.807) is 0 Å². The molecule has 0 saturated carbocycles. The number of halogens is 3. The molecule has 0 spiro atoms. The molecule has 0 radical (unpaired) electrons. The van der Waals surface area contributed by atoms with Gasteiger partial charge in [0, 0.05) is 6.07 Å². The molecule has 1 aromatic heterocycles. The van der Waals surface area contributed by atoms with Crippen LogP contribution in [0.25, 0.3) is 0 Å². The highest BCUT2D eigenvalue weighted by atomic mass is 19.4. The van der Waals surface area contributed by atoms with Gasteiger partial charge in [-0.05, 0) is 0 Å². The van der Waals surface area contributed by atoms with Gasteiger partial charge in [-0.3, -0.25) is 0 Å². The molecule has 0 aliphatic heterocycles. The zero-order chi connectivity index (χ0) is 9.35. The van der Waals surface area contributed by atoms with Crippen LogP contribution in [-0.2, 0) is 0 Å². The normalized spacial score (nSPS) is 14.7. The van der Waals surface area contributed by atoms with E-state index in [-0.39, 0.29) is 11.4 Å². The van der Waals surface area contributed by atoms with Gasteiger partial charge in [0.05, 0.1) is 5.69 Å². The molecule has 0 fully saturated rings. The van der Waals surface area contributed by atoms with E-state index in [9.17, 15) is 13.2 Å². The molecule has 1 rings (SSSR count). The largest absolute Gasteiger partial charge is 0.465 e. The Balaban J connectivity index is 2.85. The van der Waals surface area contributed by atoms with Gasteiger partial charge in [-0.2, -0.15) is 13.2 Å². The lowest BCUT2D eigenvalue weighted by molar-refractivity contribution is -0.152. The SMILES string of the molecule is Nc1coc([C@@H](N)C(F)(F)F)c1. The highest BCUT2D eigenvalue weighted by molar-refractivity contribution is 5.36. The second-order valence-corrected chi connectivity index (χ2v) is 2.30. The van der Waals surface area contributed by atoms with Gasteiger partial charge in [-0.1, -0.05) is 0 Å². The number of alkyl halides is 3. The monoisotopic (exact) mass is 180 g/mol. The van der Waals surface area contributed by atoms with Gasteiger partial charge in [0.1, 0.15) is 12.0 Å². The maximum absolute atomic E-state index is 11.9. The summed E-state index contributed by atoms with van der Waals surface area (Å²) in [7, 11) is 0. The molecule has 4 N–H and O–H groups in total. The van der Waals surface area contributed by atoms with Crippen molar-refractivity contribution in [2.24, 2.45) is 5.73 Å². The van der Waals surface area contributed by atoms with Crippen molar-refractivity contribution in [3.8, 4) is 0 Å². The molecule has 0 amide bonds. The van der Waals surface area contributed by atoms with Crippen LogP contribution in [0.5, 0.6) is 0 Å². The quantitative estimate of drug-likeness (QED) is 0.686. The standard InChI is InChI=1S/C6H7F3N2O/c7-6(8,9)5(11)4-1-3(10)2-12-4/h1-2,5H,10-11H2/t5-/m1/s1. The summed E-state index contributed by atoms with van der Waals surface area (Å²) in [5, 5.41) is 0. The summed E-state index contributed by atoms with van der Waals surface area (Å²) >= 11 is 0. The summed E-state index contributed by atoms with van der Waals surface area (Å²) in [4.78, 5) is 0. The van der Waals surface area contributed by atoms with E-state index in [1.807, 2.05) is 0 Å². The van der Waals surface area contributed by atoms with Crippen molar-refractivity contribution in [2.45, 2.75) is 12.2 Å². The fourth-order valence-electron chi connectivity index (χ4n) is 0.693. The first kappa shape index (κ1) is 8.92. The molecule has 0 aliphatic rings. The van der Waals surface area contributed by atoms with E-state index in [4.69, 9.17) is 11.5 Å². The lowest BCUT2D eigenvalue weighted by Crippen LogP contribution is -2.27. The Morgan fingerprint density at radius 3 is 2.33 bits per heavy atom. The molecule has 0 aliphatic carbocycles. The van der Waals surface area contributed by atoms with Crippen molar-refractivity contribution < 1.29 is 17.6 Å². The second-order valence-electron chi connectivity index (χ2n) is 2.30. The van der Waals surface area contributed by atoms with E-state index < -0.39 is 12.2 Å². The lowest BCUT2D eigenvalue weighted by Gasteiger charge is -2.11. The molecule has 1 heterocycles. The smallest absolute Gasteiger partial charge is 0.410 e. The molecule has 12 heavy (non-hydrogen) atoms. The van der Waals surface area contributed by atoms with Gasteiger partial charge in [0.15, 0.2) is 6.04 Å². The number of hydrogen-bond acceptors (Lipinski definition) is 3. The lowest BCUT2D eigenvalue weighted by atomic mass is 10.2. The summed E-state index contributed by atoms with van der Waals surface area (Å²) < 4.78 is 40.2. The van der Waals surface area contributed by atoms with Crippen LogP contribution in [0.1, 0.15) is 11.8 Å². The second kappa shape index (κ2) is 2.71. The highest BCUT2D eigenvalue weighted by Crippen LogP contribution is 2.31. The zero-order valence-electron chi connectivity index (χ0n) is 5.93. The van der Waals surface area contributed by atoms with Gasteiger partial charge in [-0.25, -0.2) is 0 Å². The molecular formula is C6H7F3N2O. The Hall–Kier alpha value is -1.17. The van der Waals surface area contributed by atoms with Crippen molar-refractivity contribution in [3.05, 3.63) is 18.1 Å². The van der Waals surface area contributed by atoms with E-state index in [1.165, 1.54) is 0 Å². The molecule has 3 nitrogen and oxygen atoms in total. The van der Waals surface area contributed by atoms with E-state index >= 15 is 0 Å². The molecule has 0 unspecified atom stereocenters. The third kappa shape index (κ3) is 1.70. The Bertz CT molecular complexity index is 268. The van der Waals surface area contributed by atoms with Gasteiger partial charge >= 0.3 is 6.18 Å². The van der Waals surface area contributed by atoms with Crippen LogP contribution in [0.2, 0.25) is 0 Å². The van der Waals surface area contributed by atoms with E-state index in [0.29, 0.717) is 0 Å². The number of nitrogens with two attached hydrogens (primary N) is 2. The maximum Gasteiger partial charge on any atom is 0.410 e. The van der Waals surface area contributed by atoms with Crippen molar-refractivity contribution in [1.82, 2.24) is 0 Å². The number of furan rings is 1. The Morgan fingerprint density at radius 2 is 2.00 bits per heavy atom. The Morgan fingerprint density at radius 1 is 1.42 bits per heavy atom. The van der Waals surface area contributed by atoms with Crippen molar-refractivity contribution in [2.75, 3.05) is 5.73 Å². The van der Waals surface area contributed by atoms with Crippen LogP contribution in [0.4, 0.5) is 18.9 Å². The average Bonchev–Trinajstić information content (AvgIpc) is 2.32. The first-order valence-electron chi connectivity index (χ1n) is 3.07. The predicted molar refractivity (Wildman–Crippen MR) is 36.1 cm³/mol. The molecule has 68 valence electrons. The van der Waals surface area contributed by atoms with Crippen molar-refractivity contribution >= 4 is 5.69 Å². The van der Waals surface area contributed by atoms with Crippen LogP contribution in [0.15, 0.2) is 16.7 Å². The van der Waals surface area contributed by atoms with Crippen LogP contribution in [0, 0.1) is 0 Å². The van der Waals surface area contributed by atoms with Crippen molar-refractivity contribution in [3.63, 3.8) is 0 Å². The minimum absolute atomic E-state index is 0.129. The van der Waals surface area contributed by atoms with Crippen LogP contribution in [0.3, 0.4) is 0 Å². The van der Waals surface area contributed by atoms with Gasteiger partial charge < -0.3 is 15.9 Å². The maximum atomic E-state index is 11.9. The fourth-order valence-corrected chi connectivity index (χ4v) is 0.693. The summed E-state index contributed by atoms with van der Waals surface area (Å²) in [5.41, 5.74) is 10.1. The molecule has 0 aromatic carbocycles. The number of rotatable bonds is 1. The number of anilines is 1. The third-order valence-electron chi connectivity index (χ3n) is 1.30. The number of nitrogen functional groups attached to an aromatic ring is 1. The van der Waals surface area contributed by atoms with E-state index in [2.05, 4.69) is 4.42 Å². The van der Waals surface area contributed by atoms with Crippen LogP contribution in [-0.4, -0.2) is 6.18 Å². The summed E-state index contributed by atoms with van der Waals surface area (Å²) in [6.07, 6.45) is -3.48.